The largest absolute Gasteiger partial charge is 0.338 e. The molecule has 2 N–H and O–H groups in total. The SMILES string of the molecule is CCCNC(=O)NC(=O)CSc1c(C)cc(C)cc1C. The van der Waals surface area contributed by atoms with Gasteiger partial charge in [-0.3, -0.25) is 10.1 Å². The molecule has 20 heavy (non-hydrogen) atoms. The molecule has 0 fully saturated rings. The standard InChI is InChI=1S/C15H22N2O2S/c1-5-6-16-15(19)17-13(18)9-20-14-11(3)7-10(2)8-12(14)4/h7-8H,5-6,9H2,1-4H3,(H2,16,17,18,19). The van der Waals surface area contributed by atoms with Crippen molar-refractivity contribution in [2.45, 2.75) is 39.0 Å². The van der Waals surface area contributed by atoms with Gasteiger partial charge in [0.15, 0.2) is 0 Å². The number of imide groups is 1. The summed E-state index contributed by atoms with van der Waals surface area (Å²) in [5, 5.41) is 4.94. The molecule has 0 radical (unpaired) electrons. The highest BCUT2D eigenvalue weighted by Crippen LogP contribution is 2.27. The van der Waals surface area contributed by atoms with Crippen molar-refractivity contribution in [2.75, 3.05) is 12.3 Å². The third-order valence-electron chi connectivity index (χ3n) is 2.74. The van der Waals surface area contributed by atoms with Gasteiger partial charge in [-0.15, -0.1) is 11.8 Å². The van der Waals surface area contributed by atoms with E-state index in [9.17, 15) is 9.59 Å². The molecular weight excluding hydrogens is 272 g/mol. The molecule has 110 valence electrons. The minimum atomic E-state index is -0.421. The number of aryl methyl sites for hydroxylation is 3. The first-order valence-corrected chi connectivity index (χ1v) is 7.71. The van der Waals surface area contributed by atoms with Gasteiger partial charge >= 0.3 is 6.03 Å². The second-order valence-electron chi connectivity index (χ2n) is 4.82. The molecule has 0 aliphatic carbocycles. The summed E-state index contributed by atoms with van der Waals surface area (Å²) in [4.78, 5) is 24.1. The van der Waals surface area contributed by atoms with Gasteiger partial charge in [0.2, 0.25) is 5.91 Å². The Kier molecular flexibility index (Phi) is 6.58. The van der Waals surface area contributed by atoms with E-state index in [1.165, 1.54) is 17.3 Å². The molecule has 0 aromatic heterocycles. The van der Waals surface area contributed by atoms with E-state index in [1.54, 1.807) is 0 Å². The molecule has 0 heterocycles. The number of hydrogen-bond acceptors (Lipinski definition) is 3. The molecule has 0 saturated carbocycles. The Morgan fingerprint density at radius 3 is 2.30 bits per heavy atom. The van der Waals surface area contributed by atoms with Gasteiger partial charge in [-0.1, -0.05) is 24.6 Å². The first kappa shape index (κ1) is 16.6. The molecule has 1 aromatic rings. The molecule has 0 aliphatic heterocycles. The number of thioether (sulfide) groups is 1. The maximum atomic E-state index is 11.7. The highest BCUT2D eigenvalue weighted by Gasteiger charge is 2.10. The van der Waals surface area contributed by atoms with Gasteiger partial charge in [0.1, 0.15) is 0 Å². The van der Waals surface area contributed by atoms with Crippen molar-refractivity contribution in [3.63, 3.8) is 0 Å². The van der Waals surface area contributed by atoms with Crippen LogP contribution in [0, 0.1) is 20.8 Å². The quantitative estimate of drug-likeness (QED) is 0.821. The maximum absolute atomic E-state index is 11.7. The summed E-state index contributed by atoms with van der Waals surface area (Å²) in [7, 11) is 0. The second-order valence-corrected chi connectivity index (χ2v) is 5.81. The first-order chi connectivity index (χ1) is 9.43. The highest BCUT2D eigenvalue weighted by atomic mass is 32.2. The summed E-state index contributed by atoms with van der Waals surface area (Å²) in [5.41, 5.74) is 3.54. The van der Waals surface area contributed by atoms with Gasteiger partial charge in [-0.2, -0.15) is 0 Å². The van der Waals surface area contributed by atoms with E-state index < -0.39 is 6.03 Å². The Bertz CT molecular complexity index is 478. The number of urea groups is 1. The van der Waals surface area contributed by atoms with E-state index in [1.807, 2.05) is 20.8 Å². The molecule has 0 bridgehead atoms. The van der Waals surface area contributed by atoms with Crippen LogP contribution in [0.2, 0.25) is 0 Å². The van der Waals surface area contributed by atoms with Gasteiger partial charge in [-0.25, -0.2) is 4.79 Å². The Morgan fingerprint density at radius 1 is 1.15 bits per heavy atom. The van der Waals surface area contributed by atoms with E-state index in [-0.39, 0.29) is 11.7 Å². The predicted octanol–water partition coefficient (Wildman–Crippen LogP) is 2.94. The van der Waals surface area contributed by atoms with Crippen molar-refractivity contribution in [2.24, 2.45) is 0 Å². The molecule has 4 nitrogen and oxygen atoms in total. The number of carbonyl (C=O) groups is 2. The van der Waals surface area contributed by atoms with Crippen LogP contribution in [0.5, 0.6) is 0 Å². The van der Waals surface area contributed by atoms with Gasteiger partial charge in [0.05, 0.1) is 5.75 Å². The summed E-state index contributed by atoms with van der Waals surface area (Å²) in [5.74, 6) is -0.0347. The average Bonchev–Trinajstić information content (AvgIpc) is 2.34. The van der Waals surface area contributed by atoms with Crippen LogP contribution >= 0.6 is 11.8 Å². The predicted molar refractivity (Wildman–Crippen MR) is 83.2 cm³/mol. The normalized spacial score (nSPS) is 10.2. The number of benzene rings is 1. The summed E-state index contributed by atoms with van der Waals surface area (Å²) in [6.07, 6.45) is 0.845. The van der Waals surface area contributed by atoms with Crippen LogP contribution in [-0.2, 0) is 4.79 Å². The highest BCUT2D eigenvalue weighted by molar-refractivity contribution is 8.00. The molecular formula is C15H22N2O2S. The number of carbonyl (C=O) groups excluding carboxylic acids is 2. The Labute approximate surface area is 124 Å². The zero-order valence-electron chi connectivity index (χ0n) is 12.5. The fourth-order valence-corrected chi connectivity index (χ4v) is 2.90. The van der Waals surface area contributed by atoms with Gasteiger partial charge in [0, 0.05) is 11.4 Å². The number of rotatable bonds is 5. The molecule has 3 amide bonds. The number of amides is 3. The zero-order valence-corrected chi connectivity index (χ0v) is 13.3. The summed E-state index contributed by atoms with van der Waals surface area (Å²) < 4.78 is 0. The van der Waals surface area contributed by atoms with Crippen LogP contribution in [-0.4, -0.2) is 24.2 Å². The second kappa shape index (κ2) is 7.94. The fraction of sp³-hybridized carbons (Fsp3) is 0.467. The van der Waals surface area contributed by atoms with E-state index in [4.69, 9.17) is 0 Å². The average molecular weight is 294 g/mol. The third-order valence-corrected chi connectivity index (χ3v) is 4.08. The third kappa shape index (κ3) is 5.25. The van der Waals surface area contributed by atoms with Crippen molar-refractivity contribution < 1.29 is 9.59 Å². The Hall–Kier alpha value is -1.49. The summed E-state index contributed by atoms with van der Waals surface area (Å²) in [6.45, 7) is 8.66. The molecule has 1 aromatic carbocycles. The lowest BCUT2D eigenvalue weighted by atomic mass is 10.1. The van der Waals surface area contributed by atoms with Crippen molar-refractivity contribution in [1.29, 1.82) is 0 Å². The minimum Gasteiger partial charge on any atom is -0.338 e. The lowest BCUT2D eigenvalue weighted by Gasteiger charge is -2.11. The van der Waals surface area contributed by atoms with Gasteiger partial charge in [-0.05, 0) is 38.3 Å². The minimum absolute atomic E-state index is 0.240. The summed E-state index contributed by atoms with van der Waals surface area (Å²) in [6, 6.07) is 3.78. The van der Waals surface area contributed by atoms with Gasteiger partial charge in [0.25, 0.3) is 0 Å². The van der Waals surface area contributed by atoms with Crippen LogP contribution < -0.4 is 10.6 Å². The van der Waals surface area contributed by atoms with Crippen LogP contribution in [0.1, 0.15) is 30.0 Å². The van der Waals surface area contributed by atoms with Crippen LogP contribution in [0.15, 0.2) is 17.0 Å². The monoisotopic (exact) mass is 294 g/mol. The van der Waals surface area contributed by atoms with Crippen molar-refractivity contribution in [3.05, 3.63) is 28.8 Å². The zero-order chi connectivity index (χ0) is 15.1. The molecule has 0 atom stereocenters. The fourth-order valence-electron chi connectivity index (χ4n) is 1.98. The molecule has 0 saturated heterocycles. The van der Waals surface area contributed by atoms with Crippen LogP contribution in [0.4, 0.5) is 4.79 Å². The Balaban J connectivity index is 2.51. The molecule has 1 rings (SSSR count). The Morgan fingerprint density at radius 2 is 1.75 bits per heavy atom. The van der Waals surface area contributed by atoms with E-state index in [0.29, 0.717) is 6.54 Å². The lowest BCUT2D eigenvalue weighted by Crippen LogP contribution is -2.40. The molecule has 0 unspecified atom stereocenters. The summed E-state index contributed by atoms with van der Waals surface area (Å²) >= 11 is 1.46. The van der Waals surface area contributed by atoms with Crippen LogP contribution in [0.25, 0.3) is 0 Å². The van der Waals surface area contributed by atoms with Crippen molar-refractivity contribution in [3.8, 4) is 0 Å². The molecule has 5 heteroatoms. The molecule has 0 aliphatic rings. The van der Waals surface area contributed by atoms with Crippen LogP contribution in [0.3, 0.4) is 0 Å². The maximum Gasteiger partial charge on any atom is 0.321 e. The van der Waals surface area contributed by atoms with E-state index >= 15 is 0 Å². The number of hydrogen-bond donors (Lipinski definition) is 2. The number of nitrogens with one attached hydrogen (secondary N) is 2. The molecule has 0 spiro atoms. The lowest BCUT2D eigenvalue weighted by molar-refractivity contribution is -0.117. The first-order valence-electron chi connectivity index (χ1n) is 6.72. The topological polar surface area (TPSA) is 58.2 Å². The van der Waals surface area contributed by atoms with Gasteiger partial charge < -0.3 is 5.32 Å². The van der Waals surface area contributed by atoms with E-state index in [0.717, 1.165) is 22.4 Å². The van der Waals surface area contributed by atoms with E-state index in [2.05, 4.69) is 29.7 Å². The smallest absolute Gasteiger partial charge is 0.321 e. The van der Waals surface area contributed by atoms with Crippen molar-refractivity contribution in [1.82, 2.24) is 10.6 Å². The van der Waals surface area contributed by atoms with Crippen molar-refractivity contribution >= 4 is 23.7 Å².